The third-order valence-corrected chi connectivity index (χ3v) is 6.06. The van der Waals surface area contributed by atoms with Crippen LogP contribution in [0.15, 0.2) is 23.2 Å². The number of nitrogens with one attached hydrogen (secondary N) is 3. The van der Waals surface area contributed by atoms with Gasteiger partial charge in [0.25, 0.3) is 0 Å². The van der Waals surface area contributed by atoms with Gasteiger partial charge < -0.3 is 25.0 Å². The summed E-state index contributed by atoms with van der Waals surface area (Å²) in [6.07, 6.45) is 0.965. The smallest absolute Gasteiger partial charge is 0.211 e. The van der Waals surface area contributed by atoms with Crippen molar-refractivity contribution in [1.29, 1.82) is 0 Å². The summed E-state index contributed by atoms with van der Waals surface area (Å²) in [7, 11) is 0.102. The maximum atomic E-state index is 11.5. The standard InChI is InChI=1S/C19H33N5O4S.HI/c1-5-20-19(21-8-9-22-29(25,26)6-2)23-15-7-10-24(14-15)16-11-17(27-3)13-18(12-16)28-4;/h11-13,15,22H,5-10,14H2,1-4H3,(H2,20,21,23);1H. The number of rotatable bonds is 10. The van der Waals surface area contributed by atoms with E-state index in [2.05, 4.69) is 25.2 Å². The molecule has 0 aliphatic carbocycles. The Bertz CT molecular complexity index is 769. The minimum Gasteiger partial charge on any atom is -0.497 e. The second-order valence-electron chi connectivity index (χ2n) is 6.71. The zero-order valence-corrected chi connectivity index (χ0v) is 21.2. The van der Waals surface area contributed by atoms with Gasteiger partial charge in [0.2, 0.25) is 10.0 Å². The van der Waals surface area contributed by atoms with Gasteiger partial charge in [-0.3, -0.25) is 4.99 Å². The number of hydrogen-bond acceptors (Lipinski definition) is 6. The van der Waals surface area contributed by atoms with Crippen molar-refractivity contribution in [2.75, 3.05) is 57.6 Å². The van der Waals surface area contributed by atoms with E-state index in [4.69, 9.17) is 9.47 Å². The SMILES string of the molecule is CCNC(=NCCNS(=O)(=O)CC)NC1CCN(c2cc(OC)cc(OC)c2)C1.I. The monoisotopic (exact) mass is 555 g/mol. The van der Waals surface area contributed by atoms with Crippen LogP contribution >= 0.6 is 24.0 Å². The van der Waals surface area contributed by atoms with E-state index in [1.807, 2.05) is 25.1 Å². The largest absolute Gasteiger partial charge is 0.497 e. The van der Waals surface area contributed by atoms with Gasteiger partial charge in [-0.05, 0) is 20.3 Å². The Kier molecular flexibility index (Phi) is 11.6. The third-order valence-electron chi connectivity index (χ3n) is 4.66. The first-order valence-corrected chi connectivity index (χ1v) is 11.6. The van der Waals surface area contributed by atoms with Crippen LogP contribution in [0.2, 0.25) is 0 Å². The first-order chi connectivity index (χ1) is 13.9. The van der Waals surface area contributed by atoms with Gasteiger partial charge in [0.15, 0.2) is 5.96 Å². The number of methoxy groups -OCH3 is 2. The summed E-state index contributed by atoms with van der Waals surface area (Å²) < 4.78 is 36.3. The van der Waals surface area contributed by atoms with Crippen LogP contribution in [-0.4, -0.2) is 73.1 Å². The lowest BCUT2D eigenvalue weighted by atomic mass is 10.2. The minimum absolute atomic E-state index is 0. The fraction of sp³-hybridized carbons (Fsp3) is 0.632. The second-order valence-corrected chi connectivity index (χ2v) is 8.80. The number of nitrogens with zero attached hydrogens (tertiary/aromatic N) is 2. The third kappa shape index (κ3) is 8.34. The molecular weight excluding hydrogens is 521 g/mol. The van der Waals surface area contributed by atoms with Crippen molar-refractivity contribution in [2.24, 2.45) is 4.99 Å². The first kappa shape index (κ1) is 26.6. The zero-order chi connectivity index (χ0) is 21.3. The molecule has 1 aliphatic heterocycles. The molecule has 0 spiro atoms. The van der Waals surface area contributed by atoms with E-state index >= 15 is 0 Å². The van der Waals surface area contributed by atoms with Gasteiger partial charge in [-0.25, -0.2) is 13.1 Å². The zero-order valence-electron chi connectivity index (χ0n) is 18.1. The molecule has 3 N–H and O–H groups in total. The predicted molar refractivity (Wildman–Crippen MR) is 132 cm³/mol. The number of halogens is 1. The molecule has 1 aromatic carbocycles. The molecule has 0 bridgehead atoms. The molecule has 0 saturated carbocycles. The molecule has 1 atom stereocenters. The Morgan fingerprint density at radius 3 is 2.43 bits per heavy atom. The van der Waals surface area contributed by atoms with Gasteiger partial charge in [-0.2, -0.15) is 0 Å². The molecule has 2 rings (SSSR count). The second kappa shape index (κ2) is 13.1. The van der Waals surface area contributed by atoms with Gasteiger partial charge in [0.05, 0.1) is 26.5 Å². The number of guanidine groups is 1. The van der Waals surface area contributed by atoms with Crippen LogP contribution in [0.5, 0.6) is 11.5 Å². The Hall–Kier alpha value is -1.47. The summed E-state index contributed by atoms with van der Waals surface area (Å²) in [6.45, 7) is 6.73. The molecule has 1 saturated heterocycles. The van der Waals surface area contributed by atoms with Gasteiger partial charge in [-0.1, -0.05) is 0 Å². The number of anilines is 1. The highest BCUT2D eigenvalue weighted by molar-refractivity contribution is 14.0. The highest BCUT2D eigenvalue weighted by atomic mass is 127. The van der Waals surface area contributed by atoms with E-state index in [1.165, 1.54) is 0 Å². The quantitative estimate of drug-likeness (QED) is 0.174. The lowest BCUT2D eigenvalue weighted by Crippen LogP contribution is -2.45. The summed E-state index contributed by atoms with van der Waals surface area (Å²) in [6, 6.07) is 6.10. The number of aliphatic imine (C=N–C) groups is 1. The number of benzene rings is 1. The van der Waals surface area contributed by atoms with E-state index in [0.29, 0.717) is 12.5 Å². The molecule has 1 heterocycles. The van der Waals surface area contributed by atoms with E-state index in [-0.39, 0.29) is 42.3 Å². The summed E-state index contributed by atoms with van der Waals surface area (Å²) >= 11 is 0. The van der Waals surface area contributed by atoms with Crippen molar-refractivity contribution in [1.82, 2.24) is 15.4 Å². The molecule has 0 aromatic heterocycles. The van der Waals surface area contributed by atoms with Crippen molar-refractivity contribution in [2.45, 2.75) is 26.3 Å². The van der Waals surface area contributed by atoms with Gasteiger partial charge in [0, 0.05) is 56.1 Å². The lowest BCUT2D eigenvalue weighted by Gasteiger charge is -2.21. The number of hydrogen-bond donors (Lipinski definition) is 3. The van der Waals surface area contributed by atoms with E-state index in [1.54, 1.807) is 21.1 Å². The molecule has 1 unspecified atom stereocenters. The van der Waals surface area contributed by atoms with Crippen molar-refractivity contribution in [3.8, 4) is 11.5 Å². The maximum absolute atomic E-state index is 11.5. The molecule has 9 nitrogen and oxygen atoms in total. The summed E-state index contributed by atoms with van der Waals surface area (Å²) in [5.74, 6) is 2.29. The van der Waals surface area contributed by atoms with Crippen LogP contribution in [0.1, 0.15) is 20.3 Å². The predicted octanol–water partition coefficient (Wildman–Crippen LogP) is 1.39. The highest BCUT2D eigenvalue weighted by Gasteiger charge is 2.24. The van der Waals surface area contributed by atoms with Gasteiger partial charge >= 0.3 is 0 Å². The van der Waals surface area contributed by atoms with Gasteiger partial charge in [0.1, 0.15) is 11.5 Å². The molecule has 172 valence electrons. The minimum atomic E-state index is -3.19. The molecule has 1 fully saturated rings. The van der Waals surface area contributed by atoms with Crippen LogP contribution in [-0.2, 0) is 10.0 Å². The maximum Gasteiger partial charge on any atom is 0.211 e. The number of ether oxygens (including phenoxy) is 2. The fourth-order valence-electron chi connectivity index (χ4n) is 3.07. The molecular formula is C19H34IN5O4S. The summed E-state index contributed by atoms with van der Waals surface area (Å²) in [4.78, 5) is 6.76. The van der Waals surface area contributed by atoms with Crippen molar-refractivity contribution < 1.29 is 17.9 Å². The Labute approximate surface area is 197 Å². The van der Waals surface area contributed by atoms with Crippen molar-refractivity contribution >= 4 is 45.6 Å². The Morgan fingerprint density at radius 1 is 1.20 bits per heavy atom. The van der Waals surface area contributed by atoms with Crippen LogP contribution < -0.4 is 29.7 Å². The van der Waals surface area contributed by atoms with E-state index in [0.717, 1.165) is 43.2 Å². The van der Waals surface area contributed by atoms with Gasteiger partial charge in [-0.15, -0.1) is 24.0 Å². The molecule has 1 aromatic rings. The fourth-order valence-corrected chi connectivity index (χ4v) is 3.68. The van der Waals surface area contributed by atoms with Crippen molar-refractivity contribution in [3.63, 3.8) is 0 Å². The van der Waals surface area contributed by atoms with Crippen LogP contribution in [0.25, 0.3) is 0 Å². The average Bonchev–Trinajstić information content (AvgIpc) is 3.19. The molecule has 0 amide bonds. The normalized spacial score (nSPS) is 16.7. The number of sulfonamides is 1. The molecule has 30 heavy (non-hydrogen) atoms. The van der Waals surface area contributed by atoms with Crippen LogP contribution in [0.4, 0.5) is 5.69 Å². The highest BCUT2D eigenvalue weighted by Crippen LogP contribution is 2.30. The molecule has 0 radical (unpaired) electrons. The van der Waals surface area contributed by atoms with E-state index < -0.39 is 10.0 Å². The Balaban J connectivity index is 0.00000450. The summed E-state index contributed by atoms with van der Waals surface area (Å²) in [5, 5.41) is 6.66. The van der Waals surface area contributed by atoms with Crippen molar-refractivity contribution in [3.05, 3.63) is 18.2 Å². The topological polar surface area (TPSA) is 104 Å². The molecule has 11 heteroatoms. The van der Waals surface area contributed by atoms with E-state index in [9.17, 15) is 8.42 Å². The Morgan fingerprint density at radius 2 is 1.87 bits per heavy atom. The average molecular weight is 555 g/mol. The van der Waals surface area contributed by atoms with Crippen LogP contribution in [0, 0.1) is 0 Å². The van der Waals surface area contributed by atoms with Crippen LogP contribution in [0.3, 0.4) is 0 Å². The lowest BCUT2D eigenvalue weighted by molar-refractivity contribution is 0.394. The first-order valence-electron chi connectivity index (χ1n) is 9.91. The summed E-state index contributed by atoms with van der Waals surface area (Å²) in [5.41, 5.74) is 1.06. The molecule has 1 aliphatic rings.